The van der Waals surface area contributed by atoms with Crippen LogP contribution in [0.1, 0.15) is 40.2 Å². The van der Waals surface area contributed by atoms with Gasteiger partial charge in [0.15, 0.2) is 0 Å². The van der Waals surface area contributed by atoms with Gasteiger partial charge in [-0.3, -0.25) is 0 Å². The second-order valence-corrected chi connectivity index (χ2v) is 6.54. The van der Waals surface area contributed by atoms with Crippen molar-refractivity contribution < 1.29 is 14.3 Å². The molecule has 1 rings (SSSR count). The van der Waals surface area contributed by atoms with Gasteiger partial charge in [-0.1, -0.05) is 12.1 Å². The van der Waals surface area contributed by atoms with Crippen LogP contribution in [0.2, 0.25) is 0 Å². The highest BCUT2D eigenvalue weighted by Gasteiger charge is 2.19. The van der Waals surface area contributed by atoms with E-state index in [-0.39, 0.29) is 0 Å². The average molecular weight is 304 g/mol. The van der Waals surface area contributed by atoms with Crippen LogP contribution in [-0.2, 0) is 10.2 Å². The van der Waals surface area contributed by atoms with E-state index in [1.54, 1.807) is 0 Å². The zero-order chi connectivity index (χ0) is 16.8. The molecule has 0 fully saturated rings. The van der Waals surface area contributed by atoms with Gasteiger partial charge in [-0.25, -0.2) is 4.79 Å². The molecule has 5 nitrogen and oxygen atoms in total. The van der Waals surface area contributed by atoms with Crippen LogP contribution in [0.15, 0.2) is 24.3 Å². The molecule has 0 radical (unpaired) electrons. The highest BCUT2D eigenvalue weighted by Crippen LogP contribution is 2.24. The molecule has 0 aliphatic heterocycles. The summed E-state index contributed by atoms with van der Waals surface area (Å²) in [5.41, 5.74) is -0.0836. The van der Waals surface area contributed by atoms with Gasteiger partial charge in [0.2, 0.25) is 0 Å². The summed E-state index contributed by atoms with van der Waals surface area (Å²) in [5, 5.41) is 11.7. The molecule has 1 aromatic rings. The van der Waals surface area contributed by atoms with Crippen LogP contribution in [0.25, 0.3) is 0 Å². The minimum atomic E-state index is -0.517. The number of nitrogens with zero attached hydrogens (tertiary/aromatic N) is 1. The molecule has 0 bridgehead atoms. The monoisotopic (exact) mass is 304 g/mol. The van der Waals surface area contributed by atoms with Crippen LogP contribution in [0, 0.1) is 11.3 Å². The van der Waals surface area contributed by atoms with Gasteiger partial charge in [0.05, 0.1) is 18.0 Å². The third-order valence-electron chi connectivity index (χ3n) is 2.89. The number of hydrogen-bond acceptors (Lipinski definition) is 4. The van der Waals surface area contributed by atoms with E-state index >= 15 is 0 Å². The average Bonchev–Trinajstić information content (AvgIpc) is 2.42. The molecule has 0 saturated carbocycles. The Morgan fingerprint density at radius 1 is 1.18 bits per heavy atom. The van der Waals surface area contributed by atoms with Crippen molar-refractivity contribution in [2.24, 2.45) is 0 Å². The Hall–Kier alpha value is -2.22. The molecule has 0 unspecified atom stereocenters. The summed E-state index contributed by atoms with van der Waals surface area (Å²) < 4.78 is 10.7. The van der Waals surface area contributed by atoms with E-state index in [4.69, 9.17) is 14.7 Å². The van der Waals surface area contributed by atoms with Crippen molar-refractivity contribution in [1.82, 2.24) is 5.32 Å². The molecule has 0 heterocycles. The summed E-state index contributed by atoms with van der Waals surface area (Å²) in [6, 6.07) is 9.65. The van der Waals surface area contributed by atoms with Gasteiger partial charge in [-0.15, -0.1) is 0 Å². The van der Waals surface area contributed by atoms with Crippen LogP contribution in [0.5, 0.6) is 5.75 Å². The van der Waals surface area contributed by atoms with Crippen LogP contribution >= 0.6 is 0 Å². The molecule has 22 heavy (non-hydrogen) atoms. The number of carbonyl (C=O) groups is 1. The molecule has 1 aromatic carbocycles. The molecular formula is C17H24N2O3. The summed E-state index contributed by atoms with van der Waals surface area (Å²) in [4.78, 5) is 11.4. The maximum Gasteiger partial charge on any atom is 0.407 e. The predicted octanol–water partition coefficient (Wildman–Crippen LogP) is 3.39. The zero-order valence-corrected chi connectivity index (χ0v) is 13.9. The quantitative estimate of drug-likeness (QED) is 0.846. The number of ether oxygens (including phenoxy) is 2. The number of benzene rings is 1. The first-order chi connectivity index (χ1) is 10.1. The molecule has 0 atom stereocenters. The Morgan fingerprint density at radius 3 is 2.27 bits per heavy atom. The highest BCUT2D eigenvalue weighted by atomic mass is 16.6. The minimum Gasteiger partial charge on any atom is -0.492 e. The Labute approximate surface area is 132 Å². The Kier molecular flexibility index (Phi) is 5.81. The predicted molar refractivity (Wildman–Crippen MR) is 84.8 cm³/mol. The number of hydrogen-bond donors (Lipinski definition) is 1. The van der Waals surface area contributed by atoms with E-state index in [0.717, 1.165) is 5.56 Å². The molecule has 5 heteroatoms. The first-order valence-electron chi connectivity index (χ1n) is 7.25. The number of rotatable bonds is 5. The molecule has 0 spiro atoms. The minimum absolute atomic E-state index is 0.347. The van der Waals surface area contributed by atoms with Gasteiger partial charge < -0.3 is 14.8 Å². The van der Waals surface area contributed by atoms with Crippen LogP contribution in [0.3, 0.4) is 0 Å². The number of nitriles is 1. The molecule has 0 saturated heterocycles. The maximum atomic E-state index is 11.4. The van der Waals surface area contributed by atoms with Gasteiger partial charge in [0, 0.05) is 0 Å². The molecular weight excluding hydrogens is 280 g/mol. The van der Waals surface area contributed by atoms with Gasteiger partial charge >= 0.3 is 6.09 Å². The van der Waals surface area contributed by atoms with Crippen LogP contribution in [-0.4, -0.2) is 24.8 Å². The van der Waals surface area contributed by atoms with E-state index in [0.29, 0.717) is 18.9 Å². The number of amides is 1. The number of alkyl carbamates (subject to hydrolysis) is 1. The van der Waals surface area contributed by atoms with Crippen LogP contribution < -0.4 is 10.1 Å². The second-order valence-electron chi connectivity index (χ2n) is 6.54. The lowest BCUT2D eigenvalue weighted by Crippen LogP contribution is -2.34. The normalized spacial score (nSPS) is 11.5. The van der Waals surface area contributed by atoms with Crippen molar-refractivity contribution in [2.75, 3.05) is 13.2 Å². The van der Waals surface area contributed by atoms with Crippen molar-refractivity contribution in [3.05, 3.63) is 29.8 Å². The van der Waals surface area contributed by atoms with E-state index in [9.17, 15) is 4.79 Å². The van der Waals surface area contributed by atoms with Gasteiger partial charge in [0.1, 0.15) is 18.0 Å². The van der Waals surface area contributed by atoms with Gasteiger partial charge in [-0.2, -0.15) is 5.26 Å². The third kappa shape index (κ3) is 6.04. The van der Waals surface area contributed by atoms with Crippen LogP contribution in [0.4, 0.5) is 4.79 Å². The zero-order valence-electron chi connectivity index (χ0n) is 13.9. The summed E-state index contributed by atoms with van der Waals surface area (Å²) in [5.74, 6) is 0.698. The third-order valence-corrected chi connectivity index (χ3v) is 2.89. The van der Waals surface area contributed by atoms with E-state index in [2.05, 4.69) is 11.4 Å². The van der Waals surface area contributed by atoms with E-state index in [1.165, 1.54) is 0 Å². The first-order valence-corrected chi connectivity index (χ1v) is 7.25. The standard InChI is InChI=1S/C17H24N2O3/c1-16(2,3)22-15(20)19-10-11-21-14-8-6-13(7-9-14)17(4,5)12-18/h6-9H,10-11H2,1-5H3,(H,19,20). The fourth-order valence-corrected chi connectivity index (χ4v) is 1.67. The highest BCUT2D eigenvalue weighted by molar-refractivity contribution is 5.67. The molecule has 1 amide bonds. The molecule has 0 aromatic heterocycles. The van der Waals surface area contributed by atoms with Crippen molar-refractivity contribution >= 4 is 6.09 Å². The summed E-state index contributed by atoms with van der Waals surface area (Å²) >= 11 is 0. The van der Waals surface area contributed by atoms with Crippen molar-refractivity contribution in [1.29, 1.82) is 5.26 Å². The lowest BCUT2D eigenvalue weighted by molar-refractivity contribution is 0.0520. The molecule has 1 N–H and O–H groups in total. The molecule has 0 aliphatic carbocycles. The van der Waals surface area contributed by atoms with Crippen molar-refractivity contribution in [3.8, 4) is 11.8 Å². The van der Waals surface area contributed by atoms with E-state index in [1.807, 2.05) is 58.9 Å². The Balaban J connectivity index is 2.38. The topological polar surface area (TPSA) is 71.3 Å². The molecule has 120 valence electrons. The Bertz CT molecular complexity index is 537. The molecule has 0 aliphatic rings. The van der Waals surface area contributed by atoms with Crippen molar-refractivity contribution in [2.45, 2.75) is 45.6 Å². The van der Waals surface area contributed by atoms with E-state index < -0.39 is 17.1 Å². The maximum absolute atomic E-state index is 11.4. The van der Waals surface area contributed by atoms with Gasteiger partial charge in [-0.05, 0) is 52.3 Å². The fourth-order valence-electron chi connectivity index (χ4n) is 1.67. The lowest BCUT2D eigenvalue weighted by Gasteiger charge is -2.19. The summed E-state index contributed by atoms with van der Waals surface area (Å²) in [7, 11) is 0. The number of carbonyl (C=O) groups excluding carboxylic acids is 1. The summed E-state index contributed by atoms with van der Waals surface area (Å²) in [6.07, 6.45) is -0.456. The fraction of sp³-hybridized carbons (Fsp3) is 0.529. The van der Waals surface area contributed by atoms with Crippen molar-refractivity contribution in [3.63, 3.8) is 0 Å². The smallest absolute Gasteiger partial charge is 0.407 e. The lowest BCUT2D eigenvalue weighted by atomic mass is 9.86. The number of nitrogens with one attached hydrogen (secondary N) is 1. The largest absolute Gasteiger partial charge is 0.492 e. The summed E-state index contributed by atoms with van der Waals surface area (Å²) in [6.45, 7) is 9.88. The first kappa shape index (κ1) is 17.8. The second kappa shape index (κ2) is 7.17. The SMILES string of the molecule is CC(C)(C)OC(=O)NCCOc1ccc(C(C)(C)C#N)cc1. The Morgan fingerprint density at radius 2 is 1.77 bits per heavy atom. The van der Waals surface area contributed by atoms with Gasteiger partial charge in [0.25, 0.3) is 0 Å².